The van der Waals surface area contributed by atoms with Crippen molar-refractivity contribution >= 4 is 34.4 Å². The molecule has 0 aliphatic carbocycles. The van der Waals surface area contributed by atoms with Gasteiger partial charge in [0.25, 0.3) is 11.8 Å². The van der Waals surface area contributed by atoms with Gasteiger partial charge in [0.2, 0.25) is 0 Å². The summed E-state index contributed by atoms with van der Waals surface area (Å²) in [6, 6.07) is 27.1. The second-order valence-electron chi connectivity index (χ2n) is 11.1. The third kappa shape index (κ3) is 4.55. The third-order valence-electron chi connectivity index (χ3n) is 8.44. The highest BCUT2D eigenvalue weighted by Crippen LogP contribution is 2.45. The molecule has 0 spiro atoms. The number of halogens is 1. The fourth-order valence-electron chi connectivity index (χ4n) is 6.32. The van der Waals surface area contributed by atoms with E-state index in [-0.39, 0.29) is 23.0 Å². The van der Waals surface area contributed by atoms with E-state index in [1.807, 2.05) is 55.5 Å². The summed E-state index contributed by atoms with van der Waals surface area (Å²) in [4.78, 5) is 48.1. The van der Waals surface area contributed by atoms with Gasteiger partial charge in [0.1, 0.15) is 17.9 Å². The maximum Gasteiger partial charge on any atom is 0.332 e. The van der Waals surface area contributed by atoms with Gasteiger partial charge in [-0.2, -0.15) is 0 Å². The molecule has 2 atom stereocenters. The molecule has 2 aliphatic heterocycles. The van der Waals surface area contributed by atoms with Gasteiger partial charge < -0.3 is 10.3 Å². The Balaban J connectivity index is 1.23. The average molecular weight is 573 g/mol. The molecule has 8 heteroatoms. The van der Waals surface area contributed by atoms with E-state index < -0.39 is 24.0 Å². The number of carbonyl (C=O) groups excluding carboxylic acids is 3. The summed E-state index contributed by atoms with van der Waals surface area (Å²) in [6.07, 6.45) is 0.879. The number of benzene rings is 4. The van der Waals surface area contributed by atoms with Crippen LogP contribution in [0.4, 0.5) is 14.9 Å². The van der Waals surface area contributed by atoms with Crippen molar-refractivity contribution in [3.63, 3.8) is 0 Å². The topological polar surface area (TPSA) is 85.5 Å². The van der Waals surface area contributed by atoms with Crippen LogP contribution in [0, 0.1) is 12.7 Å². The molecular weight excluding hydrogens is 543 g/mol. The van der Waals surface area contributed by atoms with Crippen LogP contribution in [0.5, 0.6) is 0 Å². The number of aryl methyl sites for hydroxylation is 1. The lowest BCUT2D eigenvalue weighted by molar-refractivity contribution is -0.120. The number of urea groups is 1. The Morgan fingerprint density at radius 1 is 0.930 bits per heavy atom. The van der Waals surface area contributed by atoms with E-state index in [1.165, 1.54) is 12.1 Å². The molecule has 214 valence electrons. The summed E-state index contributed by atoms with van der Waals surface area (Å²) < 4.78 is 13.3. The van der Waals surface area contributed by atoms with Crippen molar-refractivity contribution < 1.29 is 18.8 Å². The summed E-state index contributed by atoms with van der Waals surface area (Å²) in [5.41, 5.74) is 6.25. The zero-order valence-electron chi connectivity index (χ0n) is 23.5. The molecule has 1 fully saturated rings. The molecule has 4 aromatic carbocycles. The number of H-pyrrole nitrogens is 1. The fourth-order valence-corrected chi connectivity index (χ4v) is 6.32. The number of rotatable bonds is 6. The van der Waals surface area contributed by atoms with Crippen LogP contribution >= 0.6 is 0 Å². The van der Waals surface area contributed by atoms with E-state index in [2.05, 4.69) is 10.3 Å². The van der Waals surface area contributed by atoms with Crippen molar-refractivity contribution in [3.05, 3.63) is 136 Å². The Morgan fingerprint density at radius 3 is 2.44 bits per heavy atom. The van der Waals surface area contributed by atoms with Gasteiger partial charge in [0, 0.05) is 29.6 Å². The molecular formula is C35H29FN4O3. The Kier molecular flexibility index (Phi) is 6.54. The van der Waals surface area contributed by atoms with Gasteiger partial charge in [-0.3, -0.25) is 14.5 Å². The summed E-state index contributed by atoms with van der Waals surface area (Å²) in [7, 11) is 0. The number of amides is 4. The third-order valence-corrected chi connectivity index (χ3v) is 8.44. The fraction of sp³-hybridized carbons (Fsp3) is 0.171. The van der Waals surface area contributed by atoms with Crippen molar-refractivity contribution in [3.8, 4) is 0 Å². The number of fused-ring (bicyclic) bond motifs is 4. The van der Waals surface area contributed by atoms with Gasteiger partial charge in [-0.1, -0.05) is 72.3 Å². The molecule has 0 bridgehead atoms. The molecule has 0 radical (unpaired) electrons. The predicted molar refractivity (Wildman–Crippen MR) is 162 cm³/mol. The first-order valence-corrected chi connectivity index (χ1v) is 14.3. The van der Waals surface area contributed by atoms with Crippen molar-refractivity contribution in [2.24, 2.45) is 0 Å². The number of carbonyl (C=O) groups is 3. The van der Waals surface area contributed by atoms with Gasteiger partial charge in [-0.15, -0.1) is 0 Å². The van der Waals surface area contributed by atoms with Crippen LogP contribution in [0.15, 0.2) is 97.1 Å². The smallest absolute Gasteiger partial charge is 0.332 e. The van der Waals surface area contributed by atoms with E-state index in [0.717, 1.165) is 43.8 Å². The minimum Gasteiger partial charge on any atom is -0.356 e. The Hall–Kier alpha value is -5.24. The maximum absolute atomic E-state index is 14.3. The molecule has 4 amide bonds. The molecule has 7 nitrogen and oxygen atoms in total. The standard InChI is InChI=1S/C35H29FN4O3/c1-21-10-14-23(15-11-21)32-31-27(25-6-2-4-8-28(25)38-31)20-30-34(42)40(35(43)39(30)32)29-9-5-3-7-26(29)33(41)37-19-18-22-12-16-24(36)17-13-22/h2-17,30,32,38H,18-20H2,1H3,(H,37,41). The largest absolute Gasteiger partial charge is 0.356 e. The Morgan fingerprint density at radius 2 is 1.65 bits per heavy atom. The number of aromatic nitrogens is 1. The number of imide groups is 1. The van der Waals surface area contributed by atoms with Crippen molar-refractivity contribution in [2.75, 3.05) is 11.4 Å². The molecule has 3 heterocycles. The highest BCUT2D eigenvalue weighted by atomic mass is 19.1. The maximum atomic E-state index is 14.3. The molecule has 2 unspecified atom stereocenters. The van der Waals surface area contributed by atoms with Crippen molar-refractivity contribution in [1.29, 1.82) is 0 Å². The molecule has 1 aromatic heterocycles. The minimum absolute atomic E-state index is 0.235. The molecule has 2 N–H and O–H groups in total. The van der Waals surface area contributed by atoms with Crippen LogP contribution in [0.25, 0.3) is 10.9 Å². The lowest BCUT2D eigenvalue weighted by Crippen LogP contribution is -2.44. The monoisotopic (exact) mass is 572 g/mol. The second-order valence-corrected chi connectivity index (χ2v) is 11.1. The molecule has 7 rings (SSSR count). The van der Waals surface area contributed by atoms with Crippen LogP contribution in [-0.2, 0) is 17.6 Å². The predicted octanol–water partition coefficient (Wildman–Crippen LogP) is 6.07. The van der Waals surface area contributed by atoms with Crippen LogP contribution in [0.3, 0.4) is 0 Å². The van der Waals surface area contributed by atoms with Crippen LogP contribution < -0.4 is 10.2 Å². The molecule has 2 aliphatic rings. The van der Waals surface area contributed by atoms with Gasteiger partial charge in [0.05, 0.1) is 11.3 Å². The zero-order chi connectivity index (χ0) is 29.7. The van der Waals surface area contributed by atoms with E-state index in [9.17, 15) is 18.8 Å². The molecule has 43 heavy (non-hydrogen) atoms. The number of nitrogens with one attached hydrogen (secondary N) is 2. The normalized spacial score (nSPS) is 17.7. The Bertz CT molecular complexity index is 1880. The first kappa shape index (κ1) is 26.6. The van der Waals surface area contributed by atoms with Gasteiger partial charge in [0.15, 0.2) is 0 Å². The first-order valence-electron chi connectivity index (χ1n) is 14.3. The lowest BCUT2D eigenvalue weighted by atomic mass is 9.88. The first-order chi connectivity index (χ1) is 20.9. The number of nitrogens with zero attached hydrogens (tertiary/aromatic N) is 2. The number of hydrogen-bond acceptors (Lipinski definition) is 3. The highest BCUT2D eigenvalue weighted by Gasteiger charge is 2.53. The molecule has 5 aromatic rings. The van der Waals surface area contributed by atoms with Crippen molar-refractivity contribution in [1.82, 2.24) is 15.2 Å². The number of aromatic amines is 1. The van der Waals surface area contributed by atoms with E-state index in [4.69, 9.17) is 0 Å². The van der Waals surface area contributed by atoms with Gasteiger partial charge in [-0.25, -0.2) is 14.1 Å². The highest BCUT2D eigenvalue weighted by molar-refractivity contribution is 6.24. The van der Waals surface area contributed by atoms with Gasteiger partial charge >= 0.3 is 6.03 Å². The van der Waals surface area contributed by atoms with Gasteiger partial charge in [-0.05, 0) is 60.4 Å². The summed E-state index contributed by atoms with van der Waals surface area (Å²) in [6.45, 7) is 2.32. The molecule has 0 saturated carbocycles. The van der Waals surface area contributed by atoms with Crippen LogP contribution in [-0.4, -0.2) is 40.3 Å². The average Bonchev–Trinajstić information content (AvgIpc) is 3.51. The summed E-state index contributed by atoms with van der Waals surface area (Å²) in [5, 5.41) is 3.92. The number of hydrogen-bond donors (Lipinski definition) is 2. The SMILES string of the molecule is Cc1ccc(C2c3[nH]c4ccccc4c3CC3C(=O)N(c4ccccc4C(=O)NCCc4ccc(F)cc4)C(=O)N32)cc1. The van der Waals surface area contributed by atoms with E-state index in [0.29, 0.717) is 19.4 Å². The van der Waals surface area contributed by atoms with E-state index in [1.54, 1.807) is 41.3 Å². The Labute approximate surface area is 247 Å². The van der Waals surface area contributed by atoms with E-state index >= 15 is 0 Å². The van der Waals surface area contributed by atoms with Crippen LogP contribution in [0.2, 0.25) is 0 Å². The summed E-state index contributed by atoms with van der Waals surface area (Å²) >= 11 is 0. The lowest BCUT2D eigenvalue weighted by Gasteiger charge is -2.36. The number of anilines is 1. The quantitative estimate of drug-likeness (QED) is 0.242. The van der Waals surface area contributed by atoms with Crippen molar-refractivity contribution in [2.45, 2.75) is 31.8 Å². The van der Waals surface area contributed by atoms with Crippen LogP contribution in [0.1, 0.15) is 44.3 Å². The minimum atomic E-state index is -0.722. The second kappa shape index (κ2) is 10.5. The summed E-state index contributed by atoms with van der Waals surface area (Å²) in [5.74, 6) is -1.07. The zero-order valence-corrected chi connectivity index (χ0v) is 23.5. The number of para-hydroxylation sites is 2. The molecule has 1 saturated heterocycles.